The van der Waals surface area contributed by atoms with E-state index in [0.717, 1.165) is 6.54 Å². The minimum atomic E-state index is 0.612. The SMILES string of the molecule is CC(C)c1ccc(C(C)CN(C)C)cc1. The van der Waals surface area contributed by atoms with Crippen LogP contribution in [0.5, 0.6) is 0 Å². The highest BCUT2D eigenvalue weighted by Crippen LogP contribution is 2.20. The second-order valence-electron chi connectivity index (χ2n) is 4.98. The van der Waals surface area contributed by atoms with Crippen molar-refractivity contribution in [2.45, 2.75) is 32.6 Å². The topological polar surface area (TPSA) is 3.24 Å². The fraction of sp³-hybridized carbons (Fsp3) is 0.571. The molecule has 0 N–H and O–H groups in total. The van der Waals surface area contributed by atoms with E-state index in [4.69, 9.17) is 0 Å². The van der Waals surface area contributed by atoms with E-state index in [1.165, 1.54) is 11.1 Å². The van der Waals surface area contributed by atoms with Crippen molar-refractivity contribution in [3.05, 3.63) is 35.4 Å². The molecule has 0 amide bonds. The maximum Gasteiger partial charge on any atom is 0.00415 e. The van der Waals surface area contributed by atoms with E-state index in [1.54, 1.807) is 0 Å². The summed E-state index contributed by atoms with van der Waals surface area (Å²) >= 11 is 0. The number of hydrogen-bond donors (Lipinski definition) is 0. The first-order valence-corrected chi connectivity index (χ1v) is 5.75. The number of nitrogens with zero attached hydrogens (tertiary/aromatic N) is 1. The molecule has 1 unspecified atom stereocenters. The third-order valence-electron chi connectivity index (χ3n) is 2.81. The Morgan fingerprint density at radius 2 is 1.40 bits per heavy atom. The van der Waals surface area contributed by atoms with Crippen molar-refractivity contribution in [2.24, 2.45) is 0 Å². The van der Waals surface area contributed by atoms with Gasteiger partial charge in [0.1, 0.15) is 0 Å². The van der Waals surface area contributed by atoms with E-state index in [-0.39, 0.29) is 0 Å². The molecule has 0 aliphatic carbocycles. The Bertz CT molecular complexity index is 285. The minimum Gasteiger partial charge on any atom is -0.309 e. The van der Waals surface area contributed by atoms with Crippen LogP contribution in [0, 0.1) is 0 Å². The molecule has 1 aromatic rings. The first kappa shape index (κ1) is 12.3. The quantitative estimate of drug-likeness (QED) is 0.727. The van der Waals surface area contributed by atoms with E-state index in [9.17, 15) is 0 Å². The fourth-order valence-electron chi connectivity index (χ4n) is 1.86. The van der Waals surface area contributed by atoms with Crippen LogP contribution in [0.15, 0.2) is 24.3 Å². The maximum absolute atomic E-state index is 2.28. The van der Waals surface area contributed by atoms with Crippen LogP contribution in [-0.4, -0.2) is 25.5 Å². The lowest BCUT2D eigenvalue weighted by Gasteiger charge is -2.17. The lowest BCUT2D eigenvalue weighted by Crippen LogP contribution is -2.18. The molecule has 1 aromatic carbocycles. The number of rotatable bonds is 4. The summed E-state index contributed by atoms with van der Waals surface area (Å²) < 4.78 is 0. The molecule has 0 radical (unpaired) electrons. The summed E-state index contributed by atoms with van der Waals surface area (Å²) in [7, 11) is 4.25. The van der Waals surface area contributed by atoms with Gasteiger partial charge in [-0.05, 0) is 37.1 Å². The smallest absolute Gasteiger partial charge is 0.00415 e. The lowest BCUT2D eigenvalue weighted by molar-refractivity contribution is 0.383. The van der Waals surface area contributed by atoms with E-state index in [0.29, 0.717) is 11.8 Å². The molecule has 0 saturated heterocycles. The average molecular weight is 205 g/mol. The molecule has 0 fully saturated rings. The average Bonchev–Trinajstić information content (AvgIpc) is 2.17. The van der Waals surface area contributed by atoms with E-state index in [2.05, 4.69) is 64.0 Å². The van der Waals surface area contributed by atoms with Gasteiger partial charge < -0.3 is 4.90 Å². The molecule has 0 heterocycles. The van der Waals surface area contributed by atoms with Gasteiger partial charge in [0.2, 0.25) is 0 Å². The molecule has 0 saturated carbocycles. The van der Waals surface area contributed by atoms with Crippen LogP contribution < -0.4 is 0 Å². The second kappa shape index (κ2) is 5.32. The summed E-state index contributed by atoms with van der Waals surface area (Å²) in [6, 6.07) is 9.05. The summed E-state index contributed by atoms with van der Waals surface area (Å²) in [5, 5.41) is 0. The van der Waals surface area contributed by atoms with Crippen LogP contribution in [-0.2, 0) is 0 Å². The van der Waals surface area contributed by atoms with Crippen LogP contribution in [0.3, 0.4) is 0 Å². The maximum atomic E-state index is 2.28. The predicted molar refractivity (Wildman–Crippen MR) is 67.5 cm³/mol. The summed E-state index contributed by atoms with van der Waals surface area (Å²) in [6.45, 7) is 7.86. The first-order chi connectivity index (χ1) is 7.00. The molecule has 84 valence electrons. The van der Waals surface area contributed by atoms with Gasteiger partial charge in [0.25, 0.3) is 0 Å². The Morgan fingerprint density at radius 1 is 0.933 bits per heavy atom. The van der Waals surface area contributed by atoms with Gasteiger partial charge in [-0.2, -0.15) is 0 Å². The highest BCUT2D eigenvalue weighted by molar-refractivity contribution is 5.27. The van der Waals surface area contributed by atoms with E-state index < -0.39 is 0 Å². The van der Waals surface area contributed by atoms with Crippen molar-refractivity contribution in [3.63, 3.8) is 0 Å². The Hall–Kier alpha value is -0.820. The Morgan fingerprint density at radius 3 is 1.80 bits per heavy atom. The number of benzene rings is 1. The highest BCUT2D eigenvalue weighted by Gasteiger charge is 2.07. The molecule has 1 nitrogen and oxygen atoms in total. The van der Waals surface area contributed by atoms with E-state index in [1.807, 2.05) is 0 Å². The standard InChI is InChI=1S/C14H23N/c1-11(2)13-6-8-14(9-7-13)12(3)10-15(4)5/h6-9,11-12H,10H2,1-5H3. The zero-order valence-electron chi connectivity index (χ0n) is 10.6. The molecule has 1 heteroatoms. The molecule has 0 aliphatic heterocycles. The van der Waals surface area contributed by atoms with Gasteiger partial charge >= 0.3 is 0 Å². The van der Waals surface area contributed by atoms with Gasteiger partial charge in [0.05, 0.1) is 0 Å². The molecule has 1 atom stereocenters. The van der Waals surface area contributed by atoms with Crippen LogP contribution >= 0.6 is 0 Å². The van der Waals surface area contributed by atoms with Crippen molar-refractivity contribution >= 4 is 0 Å². The Balaban J connectivity index is 2.71. The van der Waals surface area contributed by atoms with Crippen molar-refractivity contribution in [1.82, 2.24) is 4.90 Å². The molecule has 0 aromatic heterocycles. The van der Waals surface area contributed by atoms with E-state index >= 15 is 0 Å². The van der Waals surface area contributed by atoms with Gasteiger partial charge in [-0.25, -0.2) is 0 Å². The van der Waals surface area contributed by atoms with Gasteiger partial charge in [0, 0.05) is 6.54 Å². The number of likely N-dealkylation sites (N-methyl/N-ethyl adjacent to an activating group) is 1. The third-order valence-corrected chi connectivity index (χ3v) is 2.81. The summed E-state index contributed by atoms with van der Waals surface area (Å²) in [6.07, 6.45) is 0. The summed E-state index contributed by atoms with van der Waals surface area (Å²) in [5.41, 5.74) is 2.86. The molecule has 0 aliphatic rings. The fourth-order valence-corrected chi connectivity index (χ4v) is 1.86. The van der Waals surface area contributed by atoms with Crippen LogP contribution in [0.1, 0.15) is 43.7 Å². The Labute approximate surface area is 94.1 Å². The highest BCUT2D eigenvalue weighted by atomic mass is 15.1. The van der Waals surface area contributed by atoms with Crippen molar-refractivity contribution in [1.29, 1.82) is 0 Å². The zero-order valence-corrected chi connectivity index (χ0v) is 10.6. The van der Waals surface area contributed by atoms with Crippen molar-refractivity contribution in [2.75, 3.05) is 20.6 Å². The largest absolute Gasteiger partial charge is 0.309 e. The van der Waals surface area contributed by atoms with Crippen molar-refractivity contribution < 1.29 is 0 Å². The summed E-state index contributed by atoms with van der Waals surface area (Å²) in [5.74, 6) is 1.24. The number of hydrogen-bond acceptors (Lipinski definition) is 1. The zero-order chi connectivity index (χ0) is 11.4. The second-order valence-corrected chi connectivity index (χ2v) is 4.98. The van der Waals surface area contributed by atoms with Crippen LogP contribution in [0.4, 0.5) is 0 Å². The van der Waals surface area contributed by atoms with Gasteiger partial charge in [-0.15, -0.1) is 0 Å². The van der Waals surface area contributed by atoms with Crippen LogP contribution in [0.2, 0.25) is 0 Å². The normalized spacial score (nSPS) is 13.5. The van der Waals surface area contributed by atoms with Gasteiger partial charge in [-0.3, -0.25) is 0 Å². The first-order valence-electron chi connectivity index (χ1n) is 5.75. The van der Waals surface area contributed by atoms with Gasteiger partial charge in [0.15, 0.2) is 0 Å². The molecular weight excluding hydrogens is 182 g/mol. The Kier molecular flexibility index (Phi) is 4.34. The molecule has 0 bridgehead atoms. The molecule has 0 spiro atoms. The lowest BCUT2D eigenvalue weighted by atomic mass is 9.96. The molecular formula is C14H23N. The van der Waals surface area contributed by atoms with Gasteiger partial charge in [-0.1, -0.05) is 45.0 Å². The third kappa shape index (κ3) is 3.67. The van der Waals surface area contributed by atoms with Crippen molar-refractivity contribution in [3.8, 4) is 0 Å². The minimum absolute atomic E-state index is 0.612. The summed E-state index contributed by atoms with van der Waals surface area (Å²) in [4.78, 5) is 2.24. The molecule has 1 rings (SSSR count). The monoisotopic (exact) mass is 205 g/mol. The van der Waals surface area contributed by atoms with Crippen LogP contribution in [0.25, 0.3) is 0 Å². The molecule has 15 heavy (non-hydrogen) atoms. The predicted octanol–water partition coefficient (Wildman–Crippen LogP) is 3.48.